The van der Waals surface area contributed by atoms with Gasteiger partial charge in [-0.2, -0.15) is 0 Å². The zero-order valence-electron chi connectivity index (χ0n) is 12.2. The second-order valence-corrected chi connectivity index (χ2v) is 7.11. The third-order valence-electron chi connectivity index (χ3n) is 5.38. The number of carbonyl (C=O) groups excluding carboxylic acids is 1. The van der Waals surface area contributed by atoms with E-state index >= 15 is 0 Å². The van der Waals surface area contributed by atoms with Gasteiger partial charge in [-0.05, 0) is 43.9 Å². The Morgan fingerprint density at radius 3 is 2.84 bits per heavy atom. The van der Waals surface area contributed by atoms with Crippen molar-refractivity contribution in [3.63, 3.8) is 0 Å². The number of hydrogen-bond acceptors (Lipinski definition) is 2. The van der Waals surface area contributed by atoms with Gasteiger partial charge in [0.05, 0.1) is 0 Å². The van der Waals surface area contributed by atoms with Crippen LogP contribution >= 0.6 is 0 Å². The van der Waals surface area contributed by atoms with E-state index in [1.165, 1.54) is 38.5 Å². The average molecular weight is 264 g/mol. The summed E-state index contributed by atoms with van der Waals surface area (Å²) in [6, 6.07) is 1.25. The topological polar surface area (TPSA) is 32.3 Å². The highest BCUT2D eigenvalue weighted by Crippen LogP contribution is 2.31. The molecule has 3 fully saturated rings. The van der Waals surface area contributed by atoms with E-state index in [2.05, 4.69) is 17.1 Å². The van der Waals surface area contributed by atoms with Gasteiger partial charge in [0, 0.05) is 31.6 Å². The van der Waals surface area contributed by atoms with E-state index < -0.39 is 0 Å². The smallest absolute Gasteiger partial charge is 0.222 e. The summed E-state index contributed by atoms with van der Waals surface area (Å²) >= 11 is 0. The second kappa shape index (κ2) is 5.82. The molecule has 2 heterocycles. The van der Waals surface area contributed by atoms with E-state index in [1.807, 2.05) is 0 Å². The van der Waals surface area contributed by atoms with Crippen molar-refractivity contribution in [1.29, 1.82) is 0 Å². The van der Waals surface area contributed by atoms with Crippen LogP contribution in [0.4, 0.5) is 0 Å². The Balaban J connectivity index is 1.52. The molecule has 0 aromatic carbocycles. The van der Waals surface area contributed by atoms with Crippen LogP contribution < -0.4 is 5.32 Å². The summed E-state index contributed by atoms with van der Waals surface area (Å²) in [6.07, 6.45) is 9.76. The molecule has 3 nitrogen and oxygen atoms in total. The SMILES string of the molecule is CC1CCCC(CC(=O)N2CCC3CCC(C2)N3)C1. The zero-order chi connectivity index (χ0) is 13.2. The Labute approximate surface area is 117 Å². The lowest BCUT2D eigenvalue weighted by Gasteiger charge is -2.30. The van der Waals surface area contributed by atoms with Gasteiger partial charge in [-0.25, -0.2) is 0 Å². The predicted octanol–water partition coefficient (Wildman–Crippen LogP) is 2.56. The summed E-state index contributed by atoms with van der Waals surface area (Å²) in [5.41, 5.74) is 0. The Morgan fingerprint density at radius 1 is 1.16 bits per heavy atom. The van der Waals surface area contributed by atoms with Gasteiger partial charge in [-0.1, -0.05) is 19.8 Å². The Kier molecular flexibility index (Phi) is 4.11. The minimum Gasteiger partial charge on any atom is -0.341 e. The first kappa shape index (κ1) is 13.4. The molecule has 2 saturated heterocycles. The predicted molar refractivity (Wildman–Crippen MR) is 76.9 cm³/mol. The van der Waals surface area contributed by atoms with Gasteiger partial charge < -0.3 is 10.2 Å². The Bertz CT molecular complexity index is 331. The third-order valence-corrected chi connectivity index (χ3v) is 5.38. The molecule has 108 valence electrons. The summed E-state index contributed by atoms with van der Waals surface area (Å²) < 4.78 is 0. The highest BCUT2D eigenvalue weighted by molar-refractivity contribution is 5.76. The first-order valence-electron chi connectivity index (χ1n) is 8.24. The standard InChI is InChI=1S/C16H28N2O/c1-12-3-2-4-13(9-12)10-16(19)18-8-7-14-5-6-15(11-18)17-14/h12-15,17H,2-11H2,1H3. The molecule has 3 heteroatoms. The highest BCUT2D eigenvalue weighted by atomic mass is 16.2. The van der Waals surface area contributed by atoms with Crippen LogP contribution in [0.15, 0.2) is 0 Å². The largest absolute Gasteiger partial charge is 0.341 e. The van der Waals surface area contributed by atoms with Gasteiger partial charge in [-0.3, -0.25) is 4.79 Å². The van der Waals surface area contributed by atoms with Gasteiger partial charge in [0.15, 0.2) is 0 Å². The lowest BCUT2D eigenvalue weighted by atomic mass is 9.80. The van der Waals surface area contributed by atoms with Crippen molar-refractivity contribution in [3.05, 3.63) is 0 Å². The lowest BCUT2D eigenvalue weighted by molar-refractivity contribution is -0.132. The molecule has 19 heavy (non-hydrogen) atoms. The van der Waals surface area contributed by atoms with Crippen molar-refractivity contribution < 1.29 is 4.79 Å². The van der Waals surface area contributed by atoms with Crippen molar-refractivity contribution in [2.24, 2.45) is 11.8 Å². The van der Waals surface area contributed by atoms with Crippen molar-refractivity contribution in [1.82, 2.24) is 10.2 Å². The molecule has 3 aliphatic rings. The normalized spacial score (nSPS) is 39.1. The minimum atomic E-state index is 0.424. The molecule has 0 spiro atoms. The zero-order valence-corrected chi connectivity index (χ0v) is 12.2. The molecule has 0 radical (unpaired) electrons. The fourth-order valence-electron chi connectivity index (χ4n) is 4.29. The van der Waals surface area contributed by atoms with E-state index in [9.17, 15) is 4.79 Å². The van der Waals surface area contributed by atoms with Crippen LogP contribution in [0.2, 0.25) is 0 Å². The molecule has 4 unspecified atom stereocenters. The Morgan fingerprint density at radius 2 is 2.00 bits per heavy atom. The van der Waals surface area contributed by atoms with Gasteiger partial charge in [0.1, 0.15) is 0 Å². The van der Waals surface area contributed by atoms with Crippen LogP contribution in [0.3, 0.4) is 0 Å². The highest BCUT2D eigenvalue weighted by Gasteiger charge is 2.32. The van der Waals surface area contributed by atoms with Crippen molar-refractivity contribution in [2.45, 2.75) is 70.4 Å². The van der Waals surface area contributed by atoms with Crippen molar-refractivity contribution in [3.8, 4) is 0 Å². The quantitative estimate of drug-likeness (QED) is 0.831. The molecule has 4 atom stereocenters. The molecule has 0 aromatic rings. The number of fused-ring (bicyclic) bond motifs is 2. The number of amides is 1. The van der Waals surface area contributed by atoms with E-state index in [0.717, 1.165) is 31.8 Å². The van der Waals surface area contributed by atoms with Crippen molar-refractivity contribution >= 4 is 5.91 Å². The summed E-state index contributed by atoms with van der Waals surface area (Å²) in [6.45, 7) is 4.28. The van der Waals surface area contributed by atoms with Gasteiger partial charge >= 0.3 is 0 Å². The lowest BCUT2D eigenvalue weighted by Crippen LogP contribution is -2.40. The first-order valence-corrected chi connectivity index (χ1v) is 8.24. The molecule has 3 rings (SSSR count). The number of rotatable bonds is 2. The molecule has 2 bridgehead atoms. The van der Waals surface area contributed by atoms with Crippen LogP contribution in [-0.4, -0.2) is 36.0 Å². The van der Waals surface area contributed by atoms with Crippen LogP contribution in [0.5, 0.6) is 0 Å². The molecule has 1 aliphatic carbocycles. The monoisotopic (exact) mass is 264 g/mol. The number of hydrogen-bond donors (Lipinski definition) is 1. The van der Waals surface area contributed by atoms with Gasteiger partial charge in [0.2, 0.25) is 5.91 Å². The molecular weight excluding hydrogens is 236 g/mol. The molecule has 2 aliphatic heterocycles. The summed E-state index contributed by atoms with van der Waals surface area (Å²) in [5, 5.41) is 3.65. The number of nitrogens with zero attached hydrogens (tertiary/aromatic N) is 1. The molecular formula is C16H28N2O. The first-order chi connectivity index (χ1) is 9.20. The third kappa shape index (κ3) is 3.31. The fourth-order valence-corrected chi connectivity index (χ4v) is 4.29. The van der Waals surface area contributed by atoms with Crippen LogP contribution in [0, 0.1) is 11.8 Å². The van der Waals surface area contributed by atoms with Crippen LogP contribution in [0.25, 0.3) is 0 Å². The molecule has 1 N–H and O–H groups in total. The van der Waals surface area contributed by atoms with Gasteiger partial charge in [0.25, 0.3) is 0 Å². The average Bonchev–Trinajstić information content (AvgIpc) is 2.68. The van der Waals surface area contributed by atoms with E-state index in [0.29, 0.717) is 23.9 Å². The van der Waals surface area contributed by atoms with E-state index in [4.69, 9.17) is 0 Å². The fraction of sp³-hybridized carbons (Fsp3) is 0.938. The number of nitrogens with one attached hydrogen (secondary N) is 1. The van der Waals surface area contributed by atoms with Gasteiger partial charge in [-0.15, -0.1) is 0 Å². The number of carbonyl (C=O) groups is 1. The Hall–Kier alpha value is -0.570. The second-order valence-electron chi connectivity index (χ2n) is 7.11. The summed E-state index contributed by atoms with van der Waals surface area (Å²) in [7, 11) is 0. The maximum absolute atomic E-state index is 12.5. The minimum absolute atomic E-state index is 0.424. The maximum Gasteiger partial charge on any atom is 0.222 e. The number of likely N-dealkylation sites (tertiary alicyclic amines) is 1. The van der Waals surface area contributed by atoms with Crippen LogP contribution in [-0.2, 0) is 4.79 Å². The van der Waals surface area contributed by atoms with Crippen LogP contribution in [0.1, 0.15) is 58.3 Å². The summed E-state index contributed by atoms with van der Waals surface area (Å²) in [5.74, 6) is 1.91. The van der Waals surface area contributed by atoms with E-state index in [1.54, 1.807) is 0 Å². The molecule has 1 saturated carbocycles. The molecule has 1 amide bonds. The summed E-state index contributed by atoms with van der Waals surface area (Å²) in [4.78, 5) is 14.6. The van der Waals surface area contributed by atoms with E-state index in [-0.39, 0.29) is 0 Å². The van der Waals surface area contributed by atoms with Crippen molar-refractivity contribution in [2.75, 3.05) is 13.1 Å². The maximum atomic E-state index is 12.5. The molecule has 0 aromatic heterocycles.